The van der Waals surface area contributed by atoms with E-state index in [1.807, 2.05) is 59.5 Å². The van der Waals surface area contributed by atoms with Gasteiger partial charge in [0.25, 0.3) is 0 Å². The predicted octanol–water partition coefficient (Wildman–Crippen LogP) is 6.17. The molecule has 3 aromatic rings. The minimum absolute atomic E-state index is 0.269. The maximum absolute atomic E-state index is 13.5. The molecule has 1 fully saturated rings. The number of alkyl halides is 3. The molecule has 3 aromatic carbocycles. The van der Waals surface area contributed by atoms with Gasteiger partial charge in [-0.15, -0.1) is 0 Å². The van der Waals surface area contributed by atoms with Gasteiger partial charge in [-0.25, -0.2) is 0 Å². The number of carbonyl (C=O) groups is 1. The number of piperidine rings is 1. The number of hydrogen-bond donors (Lipinski definition) is 1. The number of nitrogens with zero attached hydrogens (tertiary/aromatic N) is 1. The first-order chi connectivity index (χ1) is 16.3. The van der Waals surface area contributed by atoms with E-state index in [0.29, 0.717) is 37.3 Å². The molecule has 1 N–H and O–H groups in total. The van der Waals surface area contributed by atoms with Crippen LogP contribution in [-0.4, -0.2) is 29.1 Å². The number of halogens is 3. The van der Waals surface area contributed by atoms with E-state index >= 15 is 0 Å². The summed E-state index contributed by atoms with van der Waals surface area (Å²) in [5, 5.41) is 9.56. The number of hydrogen-bond acceptors (Lipinski definition) is 3. The van der Waals surface area contributed by atoms with Crippen LogP contribution in [0.15, 0.2) is 78.9 Å². The lowest BCUT2D eigenvalue weighted by atomic mass is 9.90. The van der Waals surface area contributed by atoms with E-state index in [9.17, 15) is 23.1 Å². The number of carboxylic acid groups (broad SMARTS) is 1. The molecule has 2 unspecified atom stereocenters. The lowest BCUT2D eigenvalue weighted by molar-refractivity contribution is -0.143. The van der Waals surface area contributed by atoms with E-state index in [1.165, 1.54) is 6.07 Å². The lowest BCUT2D eigenvalue weighted by Crippen LogP contribution is -2.41. The van der Waals surface area contributed by atoms with Crippen LogP contribution in [0.5, 0.6) is 5.75 Å². The Kier molecular flexibility index (Phi) is 7.22. The van der Waals surface area contributed by atoms with Gasteiger partial charge in [0.1, 0.15) is 12.4 Å². The smallest absolute Gasteiger partial charge is 0.416 e. The molecule has 1 saturated heterocycles. The number of rotatable bonds is 7. The van der Waals surface area contributed by atoms with Crippen molar-refractivity contribution in [3.63, 3.8) is 0 Å². The molecule has 0 aromatic heterocycles. The van der Waals surface area contributed by atoms with Crippen LogP contribution in [0.2, 0.25) is 0 Å². The number of aliphatic carboxylic acids is 1. The van der Waals surface area contributed by atoms with Crippen molar-refractivity contribution in [2.24, 2.45) is 5.92 Å². The maximum Gasteiger partial charge on any atom is 0.416 e. The zero-order chi connectivity index (χ0) is 24.1. The van der Waals surface area contributed by atoms with Crippen LogP contribution < -0.4 is 4.74 Å². The summed E-state index contributed by atoms with van der Waals surface area (Å²) >= 11 is 0. The van der Waals surface area contributed by atoms with Crippen molar-refractivity contribution in [1.82, 2.24) is 4.90 Å². The van der Waals surface area contributed by atoms with Crippen LogP contribution in [0.3, 0.4) is 0 Å². The largest absolute Gasteiger partial charge is 0.489 e. The number of likely N-dealkylation sites (tertiary alicyclic amines) is 1. The van der Waals surface area contributed by atoms with Crippen molar-refractivity contribution in [1.29, 1.82) is 0 Å². The zero-order valence-corrected chi connectivity index (χ0v) is 18.5. The average Bonchev–Trinajstić information content (AvgIpc) is 2.84. The number of carboxylic acids is 1. The molecule has 1 heterocycles. The fourth-order valence-corrected chi connectivity index (χ4v) is 4.46. The van der Waals surface area contributed by atoms with Crippen molar-refractivity contribution >= 4 is 5.97 Å². The zero-order valence-electron chi connectivity index (χ0n) is 18.5. The van der Waals surface area contributed by atoms with Gasteiger partial charge < -0.3 is 9.84 Å². The molecule has 0 bridgehead atoms. The van der Waals surface area contributed by atoms with Crippen LogP contribution in [0.4, 0.5) is 13.2 Å². The second-order valence-corrected chi connectivity index (χ2v) is 8.54. The Morgan fingerprint density at radius 1 is 1.00 bits per heavy atom. The highest BCUT2D eigenvalue weighted by Gasteiger charge is 2.34. The molecule has 0 amide bonds. The fraction of sp³-hybridized carbons (Fsp3) is 0.296. The molecule has 0 radical (unpaired) electrons. The van der Waals surface area contributed by atoms with Gasteiger partial charge in [0.05, 0.1) is 17.5 Å². The third kappa shape index (κ3) is 5.78. The Bertz CT molecular complexity index is 1120. The molecule has 0 saturated carbocycles. The highest BCUT2D eigenvalue weighted by atomic mass is 19.4. The van der Waals surface area contributed by atoms with Gasteiger partial charge in [-0.3, -0.25) is 9.69 Å². The SMILES string of the molecule is O=C(O)C1CCCN(C(c2cccc(OCc3ccccc3)c2)c2cccc(C(F)(F)F)c2)C1. The van der Waals surface area contributed by atoms with Crippen molar-refractivity contribution in [3.8, 4) is 5.75 Å². The van der Waals surface area contributed by atoms with E-state index in [2.05, 4.69) is 0 Å². The monoisotopic (exact) mass is 469 g/mol. The summed E-state index contributed by atoms with van der Waals surface area (Å²) < 4.78 is 46.3. The van der Waals surface area contributed by atoms with E-state index < -0.39 is 29.7 Å². The second-order valence-electron chi connectivity index (χ2n) is 8.54. The van der Waals surface area contributed by atoms with Gasteiger partial charge >= 0.3 is 12.1 Å². The molecule has 1 aliphatic heterocycles. The average molecular weight is 470 g/mol. The lowest BCUT2D eigenvalue weighted by Gasteiger charge is -2.38. The first kappa shape index (κ1) is 23.8. The first-order valence-electron chi connectivity index (χ1n) is 11.2. The summed E-state index contributed by atoms with van der Waals surface area (Å²) in [6.45, 7) is 1.23. The Balaban J connectivity index is 1.68. The van der Waals surface area contributed by atoms with Crippen LogP contribution in [0.25, 0.3) is 0 Å². The Hall–Kier alpha value is -3.32. The highest BCUT2D eigenvalue weighted by molar-refractivity contribution is 5.70. The molecular formula is C27H26F3NO3. The number of ether oxygens (including phenoxy) is 1. The first-order valence-corrected chi connectivity index (χ1v) is 11.2. The maximum atomic E-state index is 13.5. The standard InChI is InChI=1S/C27H26F3NO3/c28-27(29,30)23-12-4-9-20(15-23)25(31-14-6-11-22(17-31)26(32)33)21-10-5-13-24(16-21)34-18-19-7-2-1-3-8-19/h1-5,7-10,12-13,15-16,22,25H,6,11,14,17-18H2,(H,32,33). The Morgan fingerprint density at radius 2 is 1.71 bits per heavy atom. The quantitative estimate of drug-likeness (QED) is 0.450. The van der Waals surface area contributed by atoms with Crippen LogP contribution in [0.1, 0.15) is 41.1 Å². The number of benzene rings is 3. The van der Waals surface area contributed by atoms with Crippen molar-refractivity contribution < 1.29 is 27.8 Å². The molecule has 4 nitrogen and oxygen atoms in total. The van der Waals surface area contributed by atoms with Gasteiger partial charge in [0, 0.05) is 6.54 Å². The van der Waals surface area contributed by atoms with Gasteiger partial charge in [0.15, 0.2) is 0 Å². The Labute approximate surface area is 196 Å². The molecular weight excluding hydrogens is 443 g/mol. The van der Waals surface area contributed by atoms with Gasteiger partial charge in [-0.1, -0.05) is 54.6 Å². The third-order valence-corrected chi connectivity index (χ3v) is 6.12. The molecule has 178 valence electrons. The summed E-state index contributed by atoms with van der Waals surface area (Å²) in [6, 6.07) is 21.7. The van der Waals surface area contributed by atoms with Crippen molar-refractivity contribution in [2.75, 3.05) is 13.1 Å². The van der Waals surface area contributed by atoms with Crippen molar-refractivity contribution in [2.45, 2.75) is 31.7 Å². The van der Waals surface area contributed by atoms with E-state index in [4.69, 9.17) is 4.74 Å². The summed E-state index contributed by atoms with van der Waals surface area (Å²) in [5.41, 5.74) is 1.51. The fourth-order valence-electron chi connectivity index (χ4n) is 4.46. The highest BCUT2D eigenvalue weighted by Crippen LogP contribution is 2.37. The topological polar surface area (TPSA) is 49.8 Å². The van der Waals surface area contributed by atoms with Crippen LogP contribution in [-0.2, 0) is 17.6 Å². The molecule has 7 heteroatoms. The molecule has 2 atom stereocenters. The minimum atomic E-state index is -4.47. The van der Waals surface area contributed by atoms with Crippen molar-refractivity contribution in [3.05, 3.63) is 101 Å². The van der Waals surface area contributed by atoms with E-state index in [1.54, 1.807) is 6.07 Å². The molecule has 4 rings (SSSR count). The molecule has 0 spiro atoms. The summed E-state index contributed by atoms with van der Waals surface area (Å²) in [7, 11) is 0. The van der Waals surface area contributed by atoms with Gasteiger partial charge in [-0.05, 0) is 60.3 Å². The summed E-state index contributed by atoms with van der Waals surface area (Å²) in [6.07, 6.45) is -3.25. The third-order valence-electron chi connectivity index (χ3n) is 6.12. The summed E-state index contributed by atoms with van der Waals surface area (Å²) in [4.78, 5) is 13.6. The van der Waals surface area contributed by atoms with Crippen LogP contribution in [0, 0.1) is 5.92 Å². The van der Waals surface area contributed by atoms with Gasteiger partial charge in [0.2, 0.25) is 0 Å². The predicted molar refractivity (Wildman–Crippen MR) is 122 cm³/mol. The van der Waals surface area contributed by atoms with E-state index in [0.717, 1.165) is 23.3 Å². The second kappa shape index (κ2) is 10.3. The minimum Gasteiger partial charge on any atom is -0.489 e. The molecule has 34 heavy (non-hydrogen) atoms. The summed E-state index contributed by atoms with van der Waals surface area (Å²) in [5.74, 6) is -0.836. The normalized spacial score (nSPS) is 17.8. The van der Waals surface area contributed by atoms with Gasteiger partial charge in [-0.2, -0.15) is 13.2 Å². The van der Waals surface area contributed by atoms with E-state index in [-0.39, 0.29) is 6.54 Å². The Morgan fingerprint density at radius 3 is 2.41 bits per heavy atom. The molecule has 1 aliphatic rings. The van der Waals surface area contributed by atoms with Crippen LogP contribution >= 0.6 is 0 Å². The molecule has 0 aliphatic carbocycles.